The lowest BCUT2D eigenvalue weighted by Crippen LogP contribution is -2.44. The van der Waals surface area contributed by atoms with E-state index in [1.54, 1.807) is 6.07 Å². The fourth-order valence-electron chi connectivity index (χ4n) is 5.52. The molecule has 2 saturated heterocycles. The SMILES string of the molecule is COC(=O)[C@@H]1[C@@H]2C(=O)N(c3ccc4ccccc4c3)C(=O)[C@H]2[C@@H]2c3ccccc3C=CN12. The summed E-state index contributed by atoms with van der Waals surface area (Å²) in [6, 6.07) is 19.9. The Kier molecular flexibility index (Phi) is 3.99. The van der Waals surface area contributed by atoms with E-state index in [1.165, 1.54) is 12.0 Å². The zero-order chi connectivity index (χ0) is 22.0. The van der Waals surface area contributed by atoms with Gasteiger partial charge in [0.05, 0.1) is 30.7 Å². The highest BCUT2D eigenvalue weighted by Crippen LogP contribution is 2.53. The minimum atomic E-state index is -0.846. The number of methoxy groups -OCH3 is 1. The molecule has 3 heterocycles. The van der Waals surface area contributed by atoms with Crippen LogP contribution >= 0.6 is 0 Å². The Bertz CT molecular complexity index is 1330. The Hall–Kier alpha value is -3.93. The standard InChI is InChI=1S/C26H20N2O4/c1-32-26(31)23-21-20(22-19-9-5-4-7-16(19)12-13-27(22)23)24(29)28(25(21)30)18-11-10-15-6-2-3-8-17(15)14-18/h2-14,20-23H,1H3/t20-,21-,22+,23+/m1/s1. The minimum absolute atomic E-state index is 0.276. The summed E-state index contributed by atoms with van der Waals surface area (Å²) in [5.74, 6) is -2.60. The number of hydrogen-bond acceptors (Lipinski definition) is 5. The number of esters is 1. The van der Waals surface area contributed by atoms with E-state index in [2.05, 4.69) is 0 Å². The number of fused-ring (bicyclic) bond motifs is 6. The largest absolute Gasteiger partial charge is 0.467 e. The van der Waals surface area contributed by atoms with E-state index in [-0.39, 0.29) is 11.8 Å². The van der Waals surface area contributed by atoms with Crippen molar-refractivity contribution in [2.24, 2.45) is 11.8 Å². The van der Waals surface area contributed by atoms with Crippen LogP contribution in [0.2, 0.25) is 0 Å². The van der Waals surface area contributed by atoms with Crippen LogP contribution in [-0.4, -0.2) is 35.8 Å². The van der Waals surface area contributed by atoms with Crippen LogP contribution < -0.4 is 4.90 Å². The molecule has 32 heavy (non-hydrogen) atoms. The van der Waals surface area contributed by atoms with Gasteiger partial charge in [-0.05, 0) is 40.1 Å². The van der Waals surface area contributed by atoms with E-state index < -0.39 is 29.9 Å². The van der Waals surface area contributed by atoms with Crippen LogP contribution in [0.15, 0.2) is 72.9 Å². The predicted octanol–water partition coefficient (Wildman–Crippen LogP) is 3.53. The van der Waals surface area contributed by atoms with Gasteiger partial charge in [0.1, 0.15) is 6.04 Å². The van der Waals surface area contributed by atoms with Crippen LogP contribution in [0.25, 0.3) is 16.8 Å². The molecule has 2 amide bonds. The lowest BCUT2D eigenvalue weighted by Gasteiger charge is -2.34. The second-order valence-electron chi connectivity index (χ2n) is 8.40. The minimum Gasteiger partial charge on any atom is -0.467 e. The molecule has 0 saturated carbocycles. The highest BCUT2D eigenvalue weighted by atomic mass is 16.5. The summed E-state index contributed by atoms with van der Waals surface area (Å²) in [4.78, 5) is 43.3. The molecule has 3 aliphatic rings. The molecule has 0 radical (unpaired) electrons. The number of rotatable bonds is 2. The van der Waals surface area contributed by atoms with Gasteiger partial charge in [0.2, 0.25) is 11.8 Å². The van der Waals surface area contributed by atoms with Crippen molar-refractivity contribution in [1.29, 1.82) is 0 Å². The molecule has 6 heteroatoms. The molecule has 6 nitrogen and oxygen atoms in total. The summed E-state index contributed by atoms with van der Waals surface area (Å²) in [5.41, 5.74) is 2.46. The second-order valence-corrected chi connectivity index (χ2v) is 8.40. The van der Waals surface area contributed by atoms with Gasteiger partial charge in [-0.15, -0.1) is 0 Å². The molecule has 0 bridgehead atoms. The van der Waals surface area contributed by atoms with Crippen LogP contribution in [0, 0.1) is 11.8 Å². The van der Waals surface area contributed by atoms with Crippen molar-refractivity contribution in [3.63, 3.8) is 0 Å². The fourth-order valence-corrected chi connectivity index (χ4v) is 5.52. The van der Waals surface area contributed by atoms with Gasteiger partial charge in [-0.25, -0.2) is 9.69 Å². The lowest BCUT2D eigenvalue weighted by molar-refractivity contribution is -0.148. The highest BCUT2D eigenvalue weighted by Gasteiger charge is 2.65. The van der Waals surface area contributed by atoms with Crippen molar-refractivity contribution in [2.75, 3.05) is 12.0 Å². The molecule has 3 aromatic rings. The number of ether oxygens (including phenoxy) is 1. The fraction of sp³-hybridized carbons (Fsp3) is 0.192. The molecule has 0 N–H and O–H groups in total. The number of amides is 2. The number of carbonyl (C=O) groups is 3. The summed E-state index contributed by atoms with van der Waals surface area (Å²) >= 11 is 0. The molecular formula is C26H20N2O4. The molecule has 3 aromatic carbocycles. The van der Waals surface area contributed by atoms with Crippen LogP contribution in [0.1, 0.15) is 17.2 Å². The Balaban J connectivity index is 1.49. The first-order chi connectivity index (χ1) is 15.6. The van der Waals surface area contributed by atoms with Crippen molar-refractivity contribution in [3.05, 3.63) is 84.1 Å². The number of imide groups is 1. The van der Waals surface area contributed by atoms with E-state index in [1.807, 2.05) is 77.8 Å². The van der Waals surface area contributed by atoms with Crippen molar-refractivity contribution >= 4 is 40.3 Å². The Labute approximate surface area is 184 Å². The lowest BCUT2D eigenvalue weighted by atomic mass is 9.84. The predicted molar refractivity (Wildman–Crippen MR) is 119 cm³/mol. The summed E-state index contributed by atoms with van der Waals surface area (Å²) < 4.78 is 5.06. The van der Waals surface area contributed by atoms with Crippen LogP contribution in [-0.2, 0) is 19.1 Å². The molecule has 0 aromatic heterocycles. The van der Waals surface area contributed by atoms with Gasteiger partial charge in [0.25, 0.3) is 0 Å². The zero-order valence-electron chi connectivity index (χ0n) is 17.3. The van der Waals surface area contributed by atoms with Crippen LogP contribution in [0.4, 0.5) is 5.69 Å². The molecule has 0 aliphatic carbocycles. The Morgan fingerprint density at radius 2 is 1.59 bits per heavy atom. The molecule has 2 fully saturated rings. The summed E-state index contributed by atoms with van der Waals surface area (Å²) in [7, 11) is 1.31. The Morgan fingerprint density at radius 1 is 0.875 bits per heavy atom. The summed E-state index contributed by atoms with van der Waals surface area (Å²) in [5, 5.41) is 1.97. The maximum absolute atomic E-state index is 13.8. The maximum Gasteiger partial charge on any atom is 0.329 e. The molecule has 6 rings (SSSR count). The monoisotopic (exact) mass is 424 g/mol. The van der Waals surface area contributed by atoms with E-state index in [4.69, 9.17) is 4.74 Å². The van der Waals surface area contributed by atoms with Gasteiger partial charge in [0.15, 0.2) is 0 Å². The van der Waals surface area contributed by atoms with Crippen LogP contribution in [0.5, 0.6) is 0 Å². The van der Waals surface area contributed by atoms with Gasteiger partial charge in [-0.2, -0.15) is 0 Å². The molecule has 4 atom stereocenters. The quantitative estimate of drug-likeness (QED) is 0.465. The molecule has 0 spiro atoms. The first-order valence-electron chi connectivity index (χ1n) is 10.6. The third-order valence-electron chi connectivity index (χ3n) is 6.90. The number of anilines is 1. The number of hydrogen-bond donors (Lipinski definition) is 0. The van der Waals surface area contributed by atoms with E-state index in [0.29, 0.717) is 5.69 Å². The van der Waals surface area contributed by atoms with E-state index in [9.17, 15) is 14.4 Å². The number of benzene rings is 3. The first kappa shape index (κ1) is 18.8. The van der Waals surface area contributed by atoms with Crippen molar-refractivity contribution in [2.45, 2.75) is 12.1 Å². The van der Waals surface area contributed by atoms with Crippen molar-refractivity contribution in [3.8, 4) is 0 Å². The summed E-state index contributed by atoms with van der Waals surface area (Å²) in [6.45, 7) is 0. The molecular weight excluding hydrogens is 404 g/mol. The third-order valence-corrected chi connectivity index (χ3v) is 6.90. The Morgan fingerprint density at radius 3 is 2.41 bits per heavy atom. The van der Waals surface area contributed by atoms with Gasteiger partial charge < -0.3 is 9.64 Å². The average molecular weight is 424 g/mol. The normalized spacial score (nSPS) is 25.7. The zero-order valence-corrected chi connectivity index (χ0v) is 17.3. The number of nitrogens with zero attached hydrogens (tertiary/aromatic N) is 2. The maximum atomic E-state index is 13.8. The molecule has 158 valence electrons. The van der Waals surface area contributed by atoms with Crippen LogP contribution in [0.3, 0.4) is 0 Å². The molecule has 0 unspecified atom stereocenters. The van der Waals surface area contributed by atoms with Gasteiger partial charge in [-0.3, -0.25) is 9.59 Å². The van der Waals surface area contributed by atoms with Gasteiger partial charge in [-0.1, -0.05) is 54.6 Å². The number of carbonyl (C=O) groups excluding carboxylic acids is 3. The first-order valence-corrected chi connectivity index (χ1v) is 10.6. The van der Waals surface area contributed by atoms with Gasteiger partial charge >= 0.3 is 5.97 Å². The van der Waals surface area contributed by atoms with Crippen molar-refractivity contribution < 1.29 is 19.1 Å². The third kappa shape index (κ3) is 2.43. The topological polar surface area (TPSA) is 66.9 Å². The summed E-state index contributed by atoms with van der Waals surface area (Å²) in [6.07, 6.45) is 3.73. The van der Waals surface area contributed by atoms with Crippen molar-refractivity contribution in [1.82, 2.24) is 4.90 Å². The van der Waals surface area contributed by atoms with E-state index in [0.717, 1.165) is 21.9 Å². The molecule has 3 aliphatic heterocycles. The highest BCUT2D eigenvalue weighted by molar-refractivity contribution is 6.24. The van der Waals surface area contributed by atoms with E-state index >= 15 is 0 Å². The smallest absolute Gasteiger partial charge is 0.329 e. The van der Waals surface area contributed by atoms with Gasteiger partial charge in [0, 0.05) is 6.20 Å². The second kappa shape index (κ2) is 6.79. The average Bonchev–Trinajstić information content (AvgIpc) is 3.31.